The van der Waals surface area contributed by atoms with Crippen LogP contribution in [0.1, 0.15) is 12.5 Å². The summed E-state index contributed by atoms with van der Waals surface area (Å²) >= 11 is 0. The summed E-state index contributed by atoms with van der Waals surface area (Å²) in [6, 6.07) is 9.23. The summed E-state index contributed by atoms with van der Waals surface area (Å²) in [5.74, 6) is -0.503. The van der Waals surface area contributed by atoms with Gasteiger partial charge < -0.3 is 14.8 Å². The lowest BCUT2D eigenvalue weighted by Gasteiger charge is -2.15. The summed E-state index contributed by atoms with van der Waals surface area (Å²) in [4.78, 5) is 22.9. The summed E-state index contributed by atoms with van der Waals surface area (Å²) in [6.45, 7) is 1.99. The van der Waals surface area contributed by atoms with Gasteiger partial charge in [-0.3, -0.25) is 0 Å². The Balaban J connectivity index is 2.05. The topological polar surface area (TPSA) is 64.6 Å². The molecule has 1 aliphatic rings. The lowest BCUT2D eigenvalue weighted by Crippen LogP contribution is -2.39. The third-order valence-electron chi connectivity index (χ3n) is 2.72. The zero-order valence-electron chi connectivity index (χ0n) is 10.1. The zero-order valence-corrected chi connectivity index (χ0v) is 10.1. The first-order chi connectivity index (χ1) is 8.70. The molecule has 18 heavy (non-hydrogen) atoms. The van der Waals surface area contributed by atoms with Crippen molar-refractivity contribution in [1.82, 2.24) is 5.32 Å². The first-order valence-electron chi connectivity index (χ1n) is 5.88. The molecule has 1 aromatic carbocycles. The summed E-state index contributed by atoms with van der Waals surface area (Å²) in [6.07, 6.45) is -0.901. The smallest absolute Gasteiger partial charge is 0.408 e. The van der Waals surface area contributed by atoms with Gasteiger partial charge in [0.1, 0.15) is 0 Å². The predicted molar refractivity (Wildman–Crippen MR) is 64.0 cm³/mol. The van der Waals surface area contributed by atoms with Crippen molar-refractivity contribution in [3.63, 3.8) is 0 Å². The second kappa shape index (κ2) is 5.53. The number of ether oxygens (including phenoxy) is 2. The highest BCUT2D eigenvalue weighted by Crippen LogP contribution is 2.15. The molecule has 0 radical (unpaired) electrons. The molecule has 0 spiro atoms. The van der Waals surface area contributed by atoms with Crippen molar-refractivity contribution in [3.05, 3.63) is 35.9 Å². The zero-order chi connectivity index (χ0) is 13.0. The van der Waals surface area contributed by atoms with Crippen LogP contribution in [0.3, 0.4) is 0 Å². The van der Waals surface area contributed by atoms with Gasteiger partial charge in [0, 0.05) is 0 Å². The molecule has 2 rings (SSSR count). The molecule has 1 fully saturated rings. The first-order valence-corrected chi connectivity index (χ1v) is 5.88. The fourth-order valence-electron chi connectivity index (χ4n) is 1.92. The van der Waals surface area contributed by atoms with Gasteiger partial charge in [-0.25, -0.2) is 9.59 Å². The summed E-state index contributed by atoms with van der Waals surface area (Å²) in [5.41, 5.74) is 1.03. The van der Waals surface area contributed by atoms with Crippen LogP contribution in [0.4, 0.5) is 4.79 Å². The van der Waals surface area contributed by atoms with Gasteiger partial charge in [-0.05, 0) is 18.9 Å². The molecule has 0 aliphatic carbocycles. The van der Waals surface area contributed by atoms with Crippen molar-refractivity contribution < 1.29 is 19.1 Å². The van der Waals surface area contributed by atoms with E-state index in [-0.39, 0.29) is 12.6 Å². The molecule has 0 aromatic heterocycles. The van der Waals surface area contributed by atoms with E-state index in [1.807, 2.05) is 30.3 Å². The van der Waals surface area contributed by atoms with Crippen molar-refractivity contribution in [3.8, 4) is 0 Å². The largest absolute Gasteiger partial charge is 0.463 e. The van der Waals surface area contributed by atoms with E-state index in [0.717, 1.165) is 5.56 Å². The molecular weight excluding hydrogens is 234 g/mol. The van der Waals surface area contributed by atoms with E-state index in [1.54, 1.807) is 6.92 Å². The van der Waals surface area contributed by atoms with Crippen LogP contribution < -0.4 is 5.32 Å². The molecule has 2 atom stereocenters. The maximum Gasteiger partial charge on any atom is 0.408 e. The number of rotatable bonds is 4. The number of cyclic esters (lactones) is 1. The number of benzene rings is 1. The maximum atomic E-state index is 11.7. The first kappa shape index (κ1) is 12.4. The van der Waals surface area contributed by atoms with Crippen molar-refractivity contribution in [1.29, 1.82) is 0 Å². The highest BCUT2D eigenvalue weighted by Gasteiger charge is 2.40. The fraction of sp³-hybridized carbons (Fsp3) is 0.385. The van der Waals surface area contributed by atoms with E-state index in [9.17, 15) is 9.59 Å². The lowest BCUT2D eigenvalue weighted by atomic mass is 10.0. The Labute approximate surface area is 105 Å². The molecule has 1 amide bonds. The molecule has 0 unspecified atom stereocenters. The summed E-state index contributed by atoms with van der Waals surface area (Å²) in [5, 5.41) is 2.63. The molecule has 1 N–H and O–H groups in total. The quantitative estimate of drug-likeness (QED) is 0.816. The van der Waals surface area contributed by atoms with Crippen LogP contribution in [0.15, 0.2) is 30.3 Å². The second-order valence-electron chi connectivity index (χ2n) is 4.02. The number of carbonyl (C=O) groups is 2. The Hall–Kier alpha value is -2.04. The van der Waals surface area contributed by atoms with Crippen molar-refractivity contribution >= 4 is 12.1 Å². The highest BCUT2D eigenvalue weighted by atomic mass is 16.6. The number of carbonyl (C=O) groups excluding carboxylic acids is 2. The van der Waals surface area contributed by atoms with E-state index in [2.05, 4.69) is 5.32 Å². The van der Waals surface area contributed by atoms with Gasteiger partial charge in [0.25, 0.3) is 0 Å². The minimum absolute atomic E-state index is 0.269. The van der Waals surface area contributed by atoms with Gasteiger partial charge in [0.05, 0.1) is 12.6 Å². The molecule has 96 valence electrons. The Morgan fingerprint density at radius 3 is 2.78 bits per heavy atom. The Morgan fingerprint density at radius 1 is 1.39 bits per heavy atom. The average Bonchev–Trinajstić information content (AvgIpc) is 2.72. The summed E-state index contributed by atoms with van der Waals surface area (Å²) < 4.78 is 9.82. The molecule has 5 nitrogen and oxygen atoms in total. The number of amides is 1. The van der Waals surface area contributed by atoms with E-state index >= 15 is 0 Å². The van der Waals surface area contributed by atoms with Crippen LogP contribution in [-0.4, -0.2) is 30.8 Å². The SMILES string of the molecule is CCOC(=O)[C@@H]1OC(=O)N[C@@H]1Cc1ccccc1. The lowest BCUT2D eigenvalue weighted by molar-refractivity contribution is -0.152. The van der Waals surface area contributed by atoms with Crippen LogP contribution in [0, 0.1) is 0 Å². The molecule has 1 saturated heterocycles. The van der Waals surface area contributed by atoms with Crippen molar-refractivity contribution in [2.24, 2.45) is 0 Å². The van der Waals surface area contributed by atoms with E-state index in [1.165, 1.54) is 0 Å². The molecule has 1 heterocycles. The number of esters is 1. The van der Waals surface area contributed by atoms with Crippen LogP contribution >= 0.6 is 0 Å². The van der Waals surface area contributed by atoms with Crippen molar-refractivity contribution in [2.75, 3.05) is 6.61 Å². The van der Waals surface area contributed by atoms with Crippen LogP contribution in [0.25, 0.3) is 0 Å². The van der Waals surface area contributed by atoms with Crippen molar-refractivity contribution in [2.45, 2.75) is 25.5 Å². The van der Waals surface area contributed by atoms with E-state index < -0.39 is 18.2 Å². The third-order valence-corrected chi connectivity index (χ3v) is 2.72. The number of hydrogen-bond acceptors (Lipinski definition) is 4. The van der Waals surface area contributed by atoms with Gasteiger partial charge in [-0.15, -0.1) is 0 Å². The monoisotopic (exact) mass is 249 g/mol. The summed E-state index contributed by atoms with van der Waals surface area (Å²) in [7, 11) is 0. The normalized spacial score (nSPS) is 22.2. The Bertz CT molecular complexity index is 432. The predicted octanol–water partition coefficient (Wildman–Crippen LogP) is 1.27. The van der Waals surface area contributed by atoms with E-state index in [4.69, 9.17) is 9.47 Å². The Morgan fingerprint density at radius 2 is 2.11 bits per heavy atom. The van der Waals surface area contributed by atoms with Gasteiger partial charge in [0.15, 0.2) is 0 Å². The number of nitrogens with one attached hydrogen (secondary N) is 1. The minimum Gasteiger partial charge on any atom is -0.463 e. The van der Waals surface area contributed by atoms with Crippen LogP contribution in [-0.2, 0) is 20.7 Å². The molecule has 1 aromatic rings. The third kappa shape index (κ3) is 2.80. The number of hydrogen-bond donors (Lipinski definition) is 1. The second-order valence-corrected chi connectivity index (χ2v) is 4.02. The fourth-order valence-corrected chi connectivity index (χ4v) is 1.92. The standard InChI is InChI=1S/C13H15NO4/c1-2-17-12(15)11-10(14-13(16)18-11)8-9-6-4-3-5-7-9/h3-7,10-11H,2,8H2,1H3,(H,14,16)/t10-,11-/m1/s1. The molecular formula is C13H15NO4. The minimum atomic E-state index is -0.863. The van der Waals surface area contributed by atoms with Gasteiger partial charge in [-0.2, -0.15) is 0 Å². The average molecular weight is 249 g/mol. The molecule has 5 heteroatoms. The van der Waals surface area contributed by atoms with Crippen LogP contribution in [0.5, 0.6) is 0 Å². The molecule has 1 aliphatic heterocycles. The van der Waals surface area contributed by atoms with Gasteiger partial charge in [0.2, 0.25) is 6.10 Å². The number of alkyl carbamates (subject to hydrolysis) is 1. The molecule has 0 saturated carbocycles. The maximum absolute atomic E-state index is 11.7. The Kier molecular flexibility index (Phi) is 3.82. The highest BCUT2D eigenvalue weighted by molar-refractivity contribution is 5.83. The molecule has 0 bridgehead atoms. The van der Waals surface area contributed by atoms with Gasteiger partial charge in [-0.1, -0.05) is 30.3 Å². The van der Waals surface area contributed by atoms with Crippen LogP contribution in [0.2, 0.25) is 0 Å². The van der Waals surface area contributed by atoms with E-state index in [0.29, 0.717) is 6.42 Å². The van der Waals surface area contributed by atoms with Gasteiger partial charge >= 0.3 is 12.1 Å².